The SMILES string of the molecule is CCN(CC)c1ccc(N2CCN(C(=O)C3CC(=O)N(c4ccc(Cl)cc4)C3)CC2)nn1. The number of hydrogen-bond acceptors (Lipinski definition) is 6. The smallest absolute Gasteiger partial charge is 0.228 e. The van der Waals surface area contributed by atoms with Crippen LogP contribution in [0.25, 0.3) is 0 Å². The van der Waals surface area contributed by atoms with Crippen LogP contribution in [0, 0.1) is 5.92 Å². The van der Waals surface area contributed by atoms with Gasteiger partial charge >= 0.3 is 0 Å². The molecular formula is C23H29ClN6O2. The fraction of sp³-hybridized carbons (Fsp3) is 0.478. The minimum Gasteiger partial charge on any atom is -0.356 e. The molecule has 3 heterocycles. The van der Waals surface area contributed by atoms with Crippen molar-refractivity contribution in [2.75, 3.05) is 60.5 Å². The van der Waals surface area contributed by atoms with Crippen molar-refractivity contribution >= 4 is 40.7 Å². The fourth-order valence-electron chi connectivity index (χ4n) is 4.36. The Balaban J connectivity index is 1.33. The second-order valence-electron chi connectivity index (χ2n) is 8.12. The Bertz CT molecular complexity index is 940. The predicted molar refractivity (Wildman–Crippen MR) is 126 cm³/mol. The van der Waals surface area contributed by atoms with E-state index in [-0.39, 0.29) is 24.2 Å². The highest BCUT2D eigenvalue weighted by Crippen LogP contribution is 2.28. The summed E-state index contributed by atoms with van der Waals surface area (Å²) in [4.78, 5) is 33.5. The molecule has 1 aromatic carbocycles. The zero-order valence-electron chi connectivity index (χ0n) is 18.6. The van der Waals surface area contributed by atoms with Crippen molar-refractivity contribution in [1.29, 1.82) is 0 Å². The van der Waals surface area contributed by atoms with Gasteiger partial charge in [0, 0.05) is 62.9 Å². The van der Waals surface area contributed by atoms with E-state index in [0.717, 1.165) is 30.4 Å². The number of halogens is 1. The Hall–Kier alpha value is -2.87. The normalized spacial score (nSPS) is 18.9. The van der Waals surface area contributed by atoms with E-state index in [0.29, 0.717) is 37.7 Å². The van der Waals surface area contributed by atoms with Gasteiger partial charge in [0.15, 0.2) is 11.6 Å². The molecular weight excluding hydrogens is 428 g/mol. The summed E-state index contributed by atoms with van der Waals surface area (Å²) in [6.45, 7) is 9.03. The topological polar surface area (TPSA) is 72.9 Å². The first-order valence-corrected chi connectivity index (χ1v) is 11.6. The summed E-state index contributed by atoms with van der Waals surface area (Å²) in [7, 11) is 0. The zero-order chi connectivity index (χ0) is 22.7. The van der Waals surface area contributed by atoms with Crippen molar-refractivity contribution in [3.63, 3.8) is 0 Å². The molecule has 0 aliphatic carbocycles. The number of hydrogen-bond donors (Lipinski definition) is 0. The third kappa shape index (κ3) is 4.65. The number of aromatic nitrogens is 2. The van der Waals surface area contributed by atoms with Gasteiger partial charge in [0.1, 0.15) is 0 Å². The van der Waals surface area contributed by atoms with E-state index >= 15 is 0 Å². The van der Waals surface area contributed by atoms with Gasteiger partial charge in [-0.15, -0.1) is 10.2 Å². The number of carbonyl (C=O) groups excluding carboxylic acids is 2. The van der Waals surface area contributed by atoms with Gasteiger partial charge in [0.25, 0.3) is 0 Å². The van der Waals surface area contributed by atoms with Gasteiger partial charge in [-0.3, -0.25) is 9.59 Å². The van der Waals surface area contributed by atoms with Crippen molar-refractivity contribution in [2.45, 2.75) is 20.3 Å². The molecule has 0 spiro atoms. The average molecular weight is 457 g/mol. The van der Waals surface area contributed by atoms with E-state index in [4.69, 9.17) is 11.6 Å². The number of carbonyl (C=O) groups is 2. The maximum absolute atomic E-state index is 13.1. The van der Waals surface area contributed by atoms with Gasteiger partial charge in [-0.1, -0.05) is 11.6 Å². The second-order valence-corrected chi connectivity index (χ2v) is 8.55. The van der Waals surface area contributed by atoms with Crippen LogP contribution in [0.1, 0.15) is 20.3 Å². The predicted octanol–water partition coefficient (Wildman–Crippen LogP) is 2.68. The van der Waals surface area contributed by atoms with Gasteiger partial charge in [-0.25, -0.2) is 0 Å². The van der Waals surface area contributed by atoms with Gasteiger partial charge in [0.2, 0.25) is 11.8 Å². The molecule has 2 fully saturated rings. The first-order chi connectivity index (χ1) is 15.5. The Morgan fingerprint density at radius 3 is 2.31 bits per heavy atom. The number of rotatable bonds is 6. The van der Waals surface area contributed by atoms with Crippen molar-refractivity contribution in [1.82, 2.24) is 15.1 Å². The maximum Gasteiger partial charge on any atom is 0.228 e. The number of nitrogens with zero attached hydrogens (tertiary/aromatic N) is 6. The van der Waals surface area contributed by atoms with E-state index < -0.39 is 0 Å². The highest BCUT2D eigenvalue weighted by atomic mass is 35.5. The molecule has 4 rings (SSSR count). The summed E-state index contributed by atoms with van der Waals surface area (Å²) in [5.74, 6) is 1.44. The summed E-state index contributed by atoms with van der Waals surface area (Å²) < 4.78 is 0. The lowest BCUT2D eigenvalue weighted by Gasteiger charge is -2.36. The van der Waals surface area contributed by atoms with Crippen LogP contribution >= 0.6 is 11.6 Å². The van der Waals surface area contributed by atoms with Gasteiger partial charge < -0.3 is 19.6 Å². The molecule has 1 atom stereocenters. The third-order valence-electron chi connectivity index (χ3n) is 6.25. The molecule has 0 N–H and O–H groups in total. The highest BCUT2D eigenvalue weighted by molar-refractivity contribution is 6.30. The largest absolute Gasteiger partial charge is 0.356 e. The van der Waals surface area contributed by atoms with E-state index in [1.807, 2.05) is 29.2 Å². The number of amides is 2. The first kappa shape index (κ1) is 22.3. The summed E-state index contributed by atoms with van der Waals surface area (Å²) >= 11 is 5.95. The molecule has 1 aromatic heterocycles. The Kier molecular flexibility index (Phi) is 6.79. The monoisotopic (exact) mass is 456 g/mol. The van der Waals surface area contributed by atoms with Crippen molar-refractivity contribution < 1.29 is 9.59 Å². The molecule has 2 aliphatic rings. The highest BCUT2D eigenvalue weighted by Gasteiger charge is 2.38. The lowest BCUT2D eigenvalue weighted by Crippen LogP contribution is -2.51. The summed E-state index contributed by atoms with van der Waals surface area (Å²) in [5.41, 5.74) is 0.784. The molecule has 0 bridgehead atoms. The molecule has 2 amide bonds. The lowest BCUT2D eigenvalue weighted by atomic mass is 10.1. The molecule has 0 saturated carbocycles. The summed E-state index contributed by atoms with van der Waals surface area (Å²) in [5, 5.41) is 9.39. The Morgan fingerprint density at radius 1 is 1.03 bits per heavy atom. The van der Waals surface area contributed by atoms with Crippen LogP contribution in [0.5, 0.6) is 0 Å². The van der Waals surface area contributed by atoms with Crippen LogP contribution in [0.15, 0.2) is 36.4 Å². The molecule has 2 aromatic rings. The second kappa shape index (κ2) is 9.73. The van der Waals surface area contributed by atoms with E-state index in [1.165, 1.54) is 0 Å². The summed E-state index contributed by atoms with van der Waals surface area (Å²) in [6, 6.07) is 11.2. The minimum absolute atomic E-state index is 0.0205. The minimum atomic E-state index is -0.308. The van der Waals surface area contributed by atoms with E-state index in [1.54, 1.807) is 17.0 Å². The number of piperazine rings is 1. The van der Waals surface area contributed by atoms with Crippen LogP contribution in [-0.4, -0.2) is 72.7 Å². The van der Waals surface area contributed by atoms with Crippen molar-refractivity contribution in [3.8, 4) is 0 Å². The molecule has 170 valence electrons. The van der Waals surface area contributed by atoms with Crippen LogP contribution in [0.4, 0.5) is 17.3 Å². The van der Waals surface area contributed by atoms with E-state index in [9.17, 15) is 9.59 Å². The lowest BCUT2D eigenvalue weighted by molar-refractivity contribution is -0.136. The van der Waals surface area contributed by atoms with Gasteiger partial charge in [-0.05, 0) is 50.2 Å². The number of benzene rings is 1. The zero-order valence-corrected chi connectivity index (χ0v) is 19.3. The van der Waals surface area contributed by atoms with Crippen molar-refractivity contribution in [2.24, 2.45) is 5.92 Å². The fourth-order valence-corrected chi connectivity index (χ4v) is 4.49. The quantitative estimate of drug-likeness (QED) is 0.665. The molecule has 2 saturated heterocycles. The number of anilines is 3. The Labute approximate surface area is 193 Å². The summed E-state index contributed by atoms with van der Waals surface area (Å²) in [6.07, 6.45) is 0.250. The molecule has 1 unspecified atom stereocenters. The molecule has 8 nitrogen and oxygen atoms in total. The van der Waals surface area contributed by atoms with Crippen LogP contribution < -0.4 is 14.7 Å². The van der Waals surface area contributed by atoms with Crippen LogP contribution in [0.2, 0.25) is 5.02 Å². The third-order valence-corrected chi connectivity index (χ3v) is 6.50. The maximum atomic E-state index is 13.1. The van der Waals surface area contributed by atoms with Gasteiger partial charge in [-0.2, -0.15) is 0 Å². The first-order valence-electron chi connectivity index (χ1n) is 11.2. The standard InChI is InChI=1S/C23H29ClN6O2/c1-3-27(4-2)20-9-10-21(26-25-20)28-11-13-29(14-12-28)23(32)17-15-22(31)30(16-17)19-7-5-18(24)6-8-19/h5-10,17H,3-4,11-16H2,1-2H3. The molecule has 0 radical (unpaired) electrons. The Morgan fingerprint density at radius 2 is 1.72 bits per heavy atom. The van der Waals surface area contributed by atoms with E-state index in [2.05, 4.69) is 33.8 Å². The van der Waals surface area contributed by atoms with Crippen molar-refractivity contribution in [3.05, 3.63) is 41.4 Å². The van der Waals surface area contributed by atoms with Crippen LogP contribution in [0.3, 0.4) is 0 Å². The van der Waals surface area contributed by atoms with Gasteiger partial charge in [0.05, 0.1) is 5.92 Å². The van der Waals surface area contributed by atoms with Crippen LogP contribution in [-0.2, 0) is 9.59 Å². The molecule has 2 aliphatic heterocycles. The average Bonchev–Trinajstić information content (AvgIpc) is 3.22. The molecule has 9 heteroatoms. The molecule has 32 heavy (non-hydrogen) atoms.